The summed E-state index contributed by atoms with van der Waals surface area (Å²) >= 11 is 0. The second kappa shape index (κ2) is 14.1. The van der Waals surface area contributed by atoms with Crippen molar-refractivity contribution in [3.8, 4) is 5.75 Å². The highest BCUT2D eigenvalue weighted by molar-refractivity contribution is 6.02. The number of amides is 3. The van der Waals surface area contributed by atoms with Crippen LogP contribution in [0.5, 0.6) is 5.75 Å². The number of hydrogen-bond acceptors (Lipinski definition) is 7. The van der Waals surface area contributed by atoms with Gasteiger partial charge in [-0.15, -0.1) is 0 Å². The van der Waals surface area contributed by atoms with E-state index in [1.807, 2.05) is 67.6 Å². The molecule has 1 fully saturated rings. The van der Waals surface area contributed by atoms with Gasteiger partial charge in [-0.05, 0) is 49.7 Å². The highest BCUT2D eigenvalue weighted by atomic mass is 16.5. The molecule has 1 aliphatic rings. The van der Waals surface area contributed by atoms with E-state index in [0.29, 0.717) is 24.3 Å². The SMILES string of the molecule is CCOC(=O)CNC(=O)Nc1ccc(N2CCN(c3ccccc3OC)CC2)c(C(=O)N[C@@H](C)c2ccccc2)c1. The summed E-state index contributed by atoms with van der Waals surface area (Å²) in [6, 6.07) is 22.2. The van der Waals surface area contributed by atoms with Crippen molar-refractivity contribution >= 4 is 35.0 Å². The lowest BCUT2D eigenvalue weighted by Gasteiger charge is -2.38. The molecule has 216 valence electrons. The smallest absolute Gasteiger partial charge is 0.325 e. The quantitative estimate of drug-likeness (QED) is 0.319. The van der Waals surface area contributed by atoms with Crippen LogP contribution in [0.2, 0.25) is 0 Å². The number of nitrogens with one attached hydrogen (secondary N) is 3. The van der Waals surface area contributed by atoms with Gasteiger partial charge in [0.15, 0.2) is 0 Å². The second-order valence-electron chi connectivity index (χ2n) is 9.60. The summed E-state index contributed by atoms with van der Waals surface area (Å²) in [4.78, 5) is 42.1. The summed E-state index contributed by atoms with van der Waals surface area (Å²) in [5.74, 6) is 0.0481. The number of nitrogens with zero attached hydrogens (tertiary/aromatic N) is 2. The third kappa shape index (κ3) is 7.69. The molecule has 0 aromatic heterocycles. The minimum Gasteiger partial charge on any atom is -0.495 e. The number of anilines is 3. The zero-order chi connectivity index (χ0) is 29.2. The lowest BCUT2D eigenvalue weighted by atomic mass is 10.1. The third-order valence-corrected chi connectivity index (χ3v) is 6.89. The molecule has 3 aromatic rings. The van der Waals surface area contributed by atoms with Crippen LogP contribution in [0.3, 0.4) is 0 Å². The molecule has 1 heterocycles. The first-order chi connectivity index (χ1) is 19.9. The van der Waals surface area contributed by atoms with Gasteiger partial charge in [0, 0.05) is 37.6 Å². The van der Waals surface area contributed by atoms with Crippen LogP contribution in [-0.2, 0) is 9.53 Å². The Labute approximate surface area is 240 Å². The predicted octanol–water partition coefficient (Wildman–Crippen LogP) is 4.20. The average Bonchev–Trinajstić information content (AvgIpc) is 3.00. The fourth-order valence-corrected chi connectivity index (χ4v) is 4.79. The van der Waals surface area contributed by atoms with Gasteiger partial charge in [0.2, 0.25) is 0 Å². The molecule has 1 aliphatic heterocycles. The summed E-state index contributed by atoms with van der Waals surface area (Å²) in [5, 5.41) is 8.28. The molecule has 0 unspecified atom stereocenters. The molecule has 3 aromatic carbocycles. The molecule has 0 radical (unpaired) electrons. The van der Waals surface area contributed by atoms with Crippen molar-refractivity contribution < 1.29 is 23.9 Å². The zero-order valence-corrected chi connectivity index (χ0v) is 23.7. The molecule has 0 saturated carbocycles. The van der Waals surface area contributed by atoms with Crippen molar-refractivity contribution in [3.63, 3.8) is 0 Å². The number of para-hydroxylation sites is 2. The van der Waals surface area contributed by atoms with Gasteiger partial charge in [-0.25, -0.2) is 4.79 Å². The average molecular weight is 560 g/mol. The van der Waals surface area contributed by atoms with E-state index in [9.17, 15) is 14.4 Å². The minimum absolute atomic E-state index is 0.219. The Morgan fingerprint density at radius 1 is 0.878 bits per heavy atom. The molecule has 4 rings (SSSR count). The van der Waals surface area contributed by atoms with Crippen LogP contribution in [0.1, 0.15) is 35.8 Å². The number of rotatable bonds is 10. The lowest BCUT2D eigenvalue weighted by Crippen LogP contribution is -2.47. The highest BCUT2D eigenvalue weighted by Gasteiger charge is 2.24. The van der Waals surface area contributed by atoms with Crippen molar-refractivity contribution in [3.05, 3.63) is 83.9 Å². The fourth-order valence-electron chi connectivity index (χ4n) is 4.79. The van der Waals surface area contributed by atoms with Gasteiger partial charge in [-0.2, -0.15) is 0 Å². The van der Waals surface area contributed by atoms with E-state index in [1.54, 1.807) is 26.2 Å². The van der Waals surface area contributed by atoms with E-state index in [-0.39, 0.29) is 25.1 Å². The zero-order valence-electron chi connectivity index (χ0n) is 23.7. The molecule has 0 aliphatic carbocycles. The summed E-state index contributed by atoms with van der Waals surface area (Å²) in [6.45, 7) is 6.49. The first-order valence-corrected chi connectivity index (χ1v) is 13.7. The fraction of sp³-hybridized carbons (Fsp3) is 0.323. The maximum atomic E-state index is 13.6. The van der Waals surface area contributed by atoms with Crippen molar-refractivity contribution in [2.75, 3.05) is 61.6 Å². The van der Waals surface area contributed by atoms with E-state index in [1.165, 1.54) is 0 Å². The van der Waals surface area contributed by atoms with Gasteiger partial charge in [0.05, 0.1) is 31.0 Å². The number of carbonyl (C=O) groups excluding carboxylic acids is 3. The summed E-state index contributed by atoms with van der Waals surface area (Å²) in [6.07, 6.45) is 0. The third-order valence-electron chi connectivity index (χ3n) is 6.89. The van der Waals surface area contributed by atoms with Gasteiger partial charge in [0.25, 0.3) is 5.91 Å². The van der Waals surface area contributed by atoms with Crippen LogP contribution in [0.4, 0.5) is 21.9 Å². The summed E-state index contributed by atoms with van der Waals surface area (Å²) < 4.78 is 10.4. The maximum absolute atomic E-state index is 13.6. The Kier molecular flexibility index (Phi) is 10.0. The Morgan fingerprint density at radius 2 is 1.54 bits per heavy atom. The van der Waals surface area contributed by atoms with E-state index >= 15 is 0 Å². The molecule has 3 N–H and O–H groups in total. The van der Waals surface area contributed by atoms with E-state index in [2.05, 4.69) is 25.8 Å². The molecule has 1 saturated heterocycles. The largest absolute Gasteiger partial charge is 0.495 e. The lowest BCUT2D eigenvalue weighted by molar-refractivity contribution is -0.141. The second-order valence-corrected chi connectivity index (χ2v) is 9.60. The van der Waals surface area contributed by atoms with E-state index < -0.39 is 12.0 Å². The molecule has 0 spiro atoms. The molecule has 0 bridgehead atoms. The normalized spacial score (nSPS) is 13.6. The van der Waals surface area contributed by atoms with Crippen molar-refractivity contribution in [2.24, 2.45) is 0 Å². The number of methoxy groups -OCH3 is 1. The Hall–Kier alpha value is -4.73. The molecule has 10 nitrogen and oxygen atoms in total. The van der Waals surface area contributed by atoms with Crippen molar-refractivity contribution in [1.82, 2.24) is 10.6 Å². The Balaban J connectivity index is 1.52. The predicted molar refractivity (Wildman–Crippen MR) is 160 cm³/mol. The number of esters is 1. The standard InChI is InChI=1S/C31H37N5O5/c1-4-41-29(37)21-32-31(39)34-24-14-15-26(25(20-24)30(38)33-22(2)23-10-6-5-7-11-23)35-16-18-36(19-17-35)27-12-8-9-13-28(27)40-3/h5-15,20,22H,4,16-19,21H2,1-3H3,(H,33,38)(H2,32,34,39)/t22-/m0/s1. The molecule has 1 atom stereocenters. The number of ether oxygens (including phenoxy) is 2. The number of hydrogen-bond donors (Lipinski definition) is 3. The number of urea groups is 1. The first kappa shape index (κ1) is 29.3. The molecule has 10 heteroatoms. The van der Waals surface area contributed by atoms with Gasteiger partial charge in [-0.3, -0.25) is 9.59 Å². The van der Waals surface area contributed by atoms with Crippen LogP contribution >= 0.6 is 0 Å². The van der Waals surface area contributed by atoms with Crippen molar-refractivity contribution in [1.29, 1.82) is 0 Å². The Bertz CT molecular complexity index is 1340. The van der Waals surface area contributed by atoms with Gasteiger partial charge >= 0.3 is 12.0 Å². The van der Waals surface area contributed by atoms with Crippen LogP contribution in [0.15, 0.2) is 72.8 Å². The summed E-state index contributed by atoms with van der Waals surface area (Å²) in [7, 11) is 1.67. The number of carbonyl (C=O) groups is 3. The topological polar surface area (TPSA) is 112 Å². The van der Waals surface area contributed by atoms with E-state index in [4.69, 9.17) is 9.47 Å². The molecule has 3 amide bonds. The molecule has 41 heavy (non-hydrogen) atoms. The first-order valence-electron chi connectivity index (χ1n) is 13.7. The Morgan fingerprint density at radius 3 is 2.22 bits per heavy atom. The highest BCUT2D eigenvalue weighted by Crippen LogP contribution is 2.31. The maximum Gasteiger partial charge on any atom is 0.325 e. The minimum atomic E-state index is -0.569. The van der Waals surface area contributed by atoms with Crippen LogP contribution in [-0.4, -0.2) is 64.3 Å². The van der Waals surface area contributed by atoms with Gasteiger partial charge in [0.1, 0.15) is 12.3 Å². The summed E-state index contributed by atoms with van der Waals surface area (Å²) in [5.41, 5.74) is 3.68. The van der Waals surface area contributed by atoms with Gasteiger partial charge in [-0.1, -0.05) is 42.5 Å². The molecular weight excluding hydrogens is 522 g/mol. The van der Waals surface area contributed by atoms with E-state index in [0.717, 1.165) is 35.8 Å². The number of benzene rings is 3. The molecular formula is C31H37N5O5. The van der Waals surface area contributed by atoms with Gasteiger partial charge < -0.3 is 35.2 Å². The van der Waals surface area contributed by atoms with Crippen LogP contribution in [0, 0.1) is 0 Å². The van der Waals surface area contributed by atoms with Crippen molar-refractivity contribution in [2.45, 2.75) is 19.9 Å². The number of piperazine rings is 1. The van der Waals surface area contributed by atoms with Crippen LogP contribution in [0.25, 0.3) is 0 Å². The van der Waals surface area contributed by atoms with Crippen LogP contribution < -0.4 is 30.5 Å². The monoisotopic (exact) mass is 559 g/mol.